The van der Waals surface area contributed by atoms with Gasteiger partial charge in [-0.2, -0.15) is 13.2 Å². The summed E-state index contributed by atoms with van der Waals surface area (Å²) in [6, 6.07) is 0.345. The Morgan fingerprint density at radius 1 is 1.26 bits per heavy atom. The van der Waals surface area contributed by atoms with Crippen molar-refractivity contribution < 1.29 is 13.2 Å². The lowest BCUT2D eigenvalue weighted by Gasteiger charge is -2.38. The topological polar surface area (TPSA) is 6.48 Å². The van der Waals surface area contributed by atoms with Gasteiger partial charge in [-0.25, -0.2) is 0 Å². The Bertz CT molecular complexity index is 371. The molecule has 1 aliphatic heterocycles. The van der Waals surface area contributed by atoms with E-state index in [0.29, 0.717) is 6.04 Å². The van der Waals surface area contributed by atoms with Gasteiger partial charge in [0.05, 0.1) is 5.57 Å². The SMILES string of the molecule is C=C/C(CN1CCN(C)[C@H](C)C1)=C(\C=C)C(F)(F)F. The van der Waals surface area contributed by atoms with E-state index in [1.807, 2.05) is 11.9 Å². The third-order valence-electron chi connectivity index (χ3n) is 3.54. The standard InChI is InChI=1S/C14H21F3N2/c1-5-12(13(6-2)14(15,16)17)10-19-8-7-18(4)11(3)9-19/h5-6,11H,1-2,7-10H2,3-4H3/b13-12-/t11-/m1/s1. The van der Waals surface area contributed by atoms with Crippen LogP contribution in [-0.2, 0) is 0 Å². The van der Waals surface area contributed by atoms with Crippen LogP contribution in [-0.4, -0.2) is 55.2 Å². The predicted octanol–water partition coefficient (Wildman–Crippen LogP) is 2.85. The van der Waals surface area contributed by atoms with Gasteiger partial charge in [-0.3, -0.25) is 4.90 Å². The first-order chi connectivity index (χ1) is 8.79. The molecule has 0 radical (unpaired) electrons. The molecule has 1 fully saturated rings. The van der Waals surface area contributed by atoms with Crippen LogP contribution in [0.4, 0.5) is 13.2 Å². The number of likely N-dealkylation sites (N-methyl/N-ethyl adjacent to an activating group) is 1. The zero-order valence-corrected chi connectivity index (χ0v) is 11.5. The monoisotopic (exact) mass is 274 g/mol. The number of alkyl halides is 3. The van der Waals surface area contributed by atoms with Crippen LogP contribution in [0.3, 0.4) is 0 Å². The summed E-state index contributed by atoms with van der Waals surface area (Å²) in [5.74, 6) is 0. The van der Waals surface area contributed by atoms with Crippen molar-refractivity contribution in [1.82, 2.24) is 9.80 Å². The Morgan fingerprint density at radius 3 is 2.32 bits per heavy atom. The Hall–Kier alpha value is -1.07. The lowest BCUT2D eigenvalue weighted by Crippen LogP contribution is -2.50. The number of rotatable bonds is 4. The van der Waals surface area contributed by atoms with Crippen molar-refractivity contribution in [2.75, 3.05) is 33.2 Å². The average molecular weight is 274 g/mol. The molecule has 0 bridgehead atoms. The van der Waals surface area contributed by atoms with Crippen molar-refractivity contribution in [1.29, 1.82) is 0 Å². The molecule has 19 heavy (non-hydrogen) atoms. The van der Waals surface area contributed by atoms with Crippen molar-refractivity contribution in [3.8, 4) is 0 Å². The molecule has 1 aliphatic rings. The van der Waals surface area contributed by atoms with E-state index >= 15 is 0 Å². The summed E-state index contributed by atoms with van der Waals surface area (Å²) in [6.45, 7) is 11.5. The van der Waals surface area contributed by atoms with Crippen LogP contribution in [0.2, 0.25) is 0 Å². The van der Waals surface area contributed by atoms with Gasteiger partial charge in [-0.1, -0.05) is 25.3 Å². The van der Waals surface area contributed by atoms with E-state index in [2.05, 4.69) is 25.0 Å². The van der Waals surface area contributed by atoms with Crippen molar-refractivity contribution in [3.05, 3.63) is 36.5 Å². The van der Waals surface area contributed by atoms with Crippen LogP contribution >= 0.6 is 0 Å². The van der Waals surface area contributed by atoms with Crippen LogP contribution in [0.25, 0.3) is 0 Å². The molecule has 5 heteroatoms. The molecule has 0 aromatic heterocycles. The van der Waals surface area contributed by atoms with Gasteiger partial charge in [0, 0.05) is 32.2 Å². The zero-order valence-electron chi connectivity index (χ0n) is 11.5. The van der Waals surface area contributed by atoms with E-state index in [-0.39, 0.29) is 12.1 Å². The number of hydrogen-bond acceptors (Lipinski definition) is 2. The van der Waals surface area contributed by atoms with E-state index in [1.165, 1.54) is 6.08 Å². The van der Waals surface area contributed by atoms with Crippen LogP contribution < -0.4 is 0 Å². The van der Waals surface area contributed by atoms with Crippen molar-refractivity contribution in [3.63, 3.8) is 0 Å². The second-order valence-electron chi connectivity index (χ2n) is 4.91. The summed E-state index contributed by atoms with van der Waals surface area (Å²) in [7, 11) is 2.02. The molecule has 108 valence electrons. The summed E-state index contributed by atoms with van der Waals surface area (Å²) in [4.78, 5) is 4.23. The number of halogens is 3. The lowest BCUT2D eigenvalue weighted by atomic mass is 10.1. The minimum Gasteiger partial charge on any atom is -0.301 e. The molecular formula is C14H21F3N2. The summed E-state index contributed by atoms with van der Waals surface area (Å²) >= 11 is 0. The highest BCUT2D eigenvalue weighted by Crippen LogP contribution is 2.30. The maximum Gasteiger partial charge on any atom is 0.416 e. The fourth-order valence-corrected chi connectivity index (χ4v) is 2.20. The molecule has 0 aromatic rings. The van der Waals surface area contributed by atoms with Gasteiger partial charge in [0.15, 0.2) is 0 Å². The van der Waals surface area contributed by atoms with Gasteiger partial charge in [-0.05, 0) is 19.5 Å². The number of nitrogens with zero attached hydrogens (tertiary/aromatic N) is 2. The predicted molar refractivity (Wildman–Crippen MR) is 72.0 cm³/mol. The Labute approximate surface area is 112 Å². The maximum atomic E-state index is 12.8. The van der Waals surface area contributed by atoms with Crippen LogP contribution in [0.15, 0.2) is 36.5 Å². The highest BCUT2D eigenvalue weighted by molar-refractivity contribution is 5.36. The first-order valence-corrected chi connectivity index (χ1v) is 6.27. The molecule has 1 rings (SSSR count). The van der Waals surface area contributed by atoms with Gasteiger partial charge < -0.3 is 4.90 Å². The van der Waals surface area contributed by atoms with Crippen molar-refractivity contribution in [2.45, 2.75) is 19.1 Å². The van der Waals surface area contributed by atoms with Gasteiger partial charge in [0.1, 0.15) is 0 Å². The summed E-state index contributed by atoms with van der Waals surface area (Å²) in [5, 5.41) is 0. The molecule has 1 saturated heterocycles. The quantitative estimate of drug-likeness (QED) is 0.727. The first-order valence-electron chi connectivity index (χ1n) is 6.27. The normalized spacial score (nSPS) is 23.9. The van der Waals surface area contributed by atoms with E-state index in [0.717, 1.165) is 25.7 Å². The molecule has 0 saturated carbocycles. The van der Waals surface area contributed by atoms with Crippen LogP contribution in [0, 0.1) is 0 Å². The van der Waals surface area contributed by atoms with Gasteiger partial charge >= 0.3 is 6.18 Å². The summed E-state index contributed by atoms with van der Waals surface area (Å²) in [6.07, 6.45) is -2.21. The third-order valence-corrected chi connectivity index (χ3v) is 3.54. The second-order valence-corrected chi connectivity index (χ2v) is 4.91. The second kappa shape index (κ2) is 6.39. The Kier molecular flexibility index (Phi) is 5.38. The van der Waals surface area contributed by atoms with E-state index < -0.39 is 11.7 Å². The molecule has 1 heterocycles. The van der Waals surface area contributed by atoms with Gasteiger partial charge in [0.25, 0.3) is 0 Å². The molecule has 0 aliphatic carbocycles. The summed E-state index contributed by atoms with van der Waals surface area (Å²) in [5.41, 5.74) is -0.492. The molecule has 0 unspecified atom stereocenters. The van der Waals surface area contributed by atoms with E-state index in [4.69, 9.17) is 0 Å². The van der Waals surface area contributed by atoms with Gasteiger partial charge in [0.2, 0.25) is 0 Å². The van der Waals surface area contributed by atoms with Crippen LogP contribution in [0.1, 0.15) is 6.92 Å². The number of piperazine rings is 1. The molecule has 2 nitrogen and oxygen atoms in total. The largest absolute Gasteiger partial charge is 0.416 e. The summed E-state index contributed by atoms with van der Waals surface area (Å²) < 4.78 is 38.5. The minimum absolute atomic E-state index is 0.194. The Balaban J connectivity index is 2.85. The third kappa shape index (κ3) is 4.21. The highest BCUT2D eigenvalue weighted by atomic mass is 19.4. The number of hydrogen-bond donors (Lipinski definition) is 0. The highest BCUT2D eigenvalue weighted by Gasteiger charge is 2.34. The smallest absolute Gasteiger partial charge is 0.301 e. The molecule has 0 aromatic carbocycles. The van der Waals surface area contributed by atoms with Crippen molar-refractivity contribution in [2.24, 2.45) is 0 Å². The van der Waals surface area contributed by atoms with Gasteiger partial charge in [-0.15, -0.1) is 0 Å². The van der Waals surface area contributed by atoms with Crippen LogP contribution in [0.5, 0.6) is 0 Å². The average Bonchev–Trinajstić information content (AvgIpc) is 2.31. The fraction of sp³-hybridized carbons (Fsp3) is 0.571. The molecule has 0 amide bonds. The lowest BCUT2D eigenvalue weighted by molar-refractivity contribution is -0.0890. The van der Waals surface area contributed by atoms with E-state index in [1.54, 1.807) is 0 Å². The maximum absolute atomic E-state index is 12.8. The number of allylic oxidation sites excluding steroid dienone is 2. The van der Waals surface area contributed by atoms with Crippen molar-refractivity contribution >= 4 is 0 Å². The molecule has 1 atom stereocenters. The zero-order chi connectivity index (χ0) is 14.6. The first kappa shape index (κ1) is 16.0. The molecule has 0 spiro atoms. The minimum atomic E-state index is -4.37. The fourth-order valence-electron chi connectivity index (χ4n) is 2.20. The van der Waals surface area contributed by atoms with E-state index in [9.17, 15) is 13.2 Å². The Morgan fingerprint density at radius 2 is 1.89 bits per heavy atom. The molecular weight excluding hydrogens is 253 g/mol. The molecule has 0 N–H and O–H groups in total.